The summed E-state index contributed by atoms with van der Waals surface area (Å²) in [7, 11) is 1.33. The Bertz CT molecular complexity index is 456. The van der Waals surface area contributed by atoms with Gasteiger partial charge in [-0.05, 0) is 37.6 Å². The molecule has 0 radical (unpaired) electrons. The van der Waals surface area contributed by atoms with Crippen molar-refractivity contribution in [3.8, 4) is 5.75 Å². The van der Waals surface area contributed by atoms with Crippen LogP contribution in [0.25, 0.3) is 0 Å². The van der Waals surface area contributed by atoms with Gasteiger partial charge in [-0.15, -0.1) is 0 Å². The minimum absolute atomic E-state index is 0.136. The highest BCUT2D eigenvalue weighted by atomic mass is 16.5. The van der Waals surface area contributed by atoms with Crippen molar-refractivity contribution < 1.29 is 19.1 Å². The van der Waals surface area contributed by atoms with Crippen LogP contribution in [0, 0.1) is 0 Å². The molecule has 0 aliphatic rings. The van der Waals surface area contributed by atoms with E-state index in [0.29, 0.717) is 17.9 Å². The van der Waals surface area contributed by atoms with Crippen LogP contribution in [-0.4, -0.2) is 31.6 Å². The van der Waals surface area contributed by atoms with Crippen molar-refractivity contribution in [2.24, 2.45) is 0 Å². The lowest BCUT2D eigenvalue weighted by molar-refractivity contribution is -0.127. The Morgan fingerprint density at radius 3 is 2.43 bits per heavy atom. The summed E-state index contributed by atoms with van der Waals surface area (Å²) in [5.74, 6) is 0.00488. The Kier molecular flexibility index (Phi) is 7.29. The van der Waals surface area contributed by atoms with Crippen LogP contribution in [0.2, 0.25) is 0 Å². The van der Waals surface area contributed by atoms with Gasteiger partial charge in [0.2, 0.25) is 0 Å². The third-order valence-corrected chi connectivity index (χ3v) is 3.04. The second kappa shape index (κ2) is 9.00. The molecule has 1 amide bonds. The van der Waals surface area contributed by atoms with Gasteiger partial charge in [-0.3, -0.25) is 4.79 Å². The van der Waals surface area contributed by atoms with Gasteiger partial charge in [0.05, 0.1) is 12.7 Å². The fourth-order valence-electron chi connectivity index (χ4n) is 1.78. The fourth-order valence-corrected chi connectivity index (χ4v) is 1.78. The van der Waals surface area contributed by atoms with E-state index in [1.54, 1.807) is 31.2 Å². The molecule has 1 N–H and O–H groups in total. The Morgan fingerprint density at radius 1 is 1.19 bits per heavy atom. The molecule has 1 rings (SSSR count). The van der Waals surface area contributed by atoms with E-state index in [4.69, 9.17) is 4.74 Å². The molecule has 0 aromatic heterocycles. The van der Waals surface area contributed by atoms with Crippen molar-refractivity contribution in [3.05, 3.63) is 29.8 Å². The molecule has 116 valence electrons. The van der Waals surface area contributed by atoms with Crippen LogP contribution in [0.1, 0.15) is 43.5 Å². The number of rotatable bonds is 8. The van der Waals surface area contributed by atoms with Crippen LogP contribution in [0.5, 0.6) is 5.75 Å². The van der Waals surface area contributed by atoms with Crippen molar-refractivity contribution in [3.63, 3.8) is 0 Å². The Hall–Kier alpha value is -2.04. The molecule has 1 atom stereocenters. The minimum Gasteiger partial charge on any atom is -0.481 e. The SMILES string of the molecule is CCCCCNC(=O)C(C)Oc1ccc(C(=O)OC)cc1. The van der Waals surface area contributed by atoms with Gasteiger partial charge in [0, 0.05) is 6.54 Å². The van der Waals surface area contributed by atoms with E-state index in [-0.39, 0.29) is 5.91 Å². The zero-order valence-electron chi connectivity index (χ0n) is 12.8. The number of methoxy groups -OCH3 is 1. The Balaban J connectivity index is 2.44. The van der Waals surface area contributed by atoms with Crippen LogP contribution in [0.4, 0.5) is 0 Å². The maximum atomic E-state index is 11.8. The van der Waals surface area contributed by atoms with Crippen molar-refractivity contribution in [2.75, 3.05) is 13.7 Å². The maximum Gasteiger partial charge on any atom is 0.337 e. The number of hydrogen-bond acceptors (Lipinski definition) is 4. The van der Waals surface area contributed by atoms with Crippen molar-refractivity contribution in [2.45, 2.75) is 39.2 Å². The van der Waals surface area contributed by atoms with Crippen LogP contribution in [0.15, 0.2) is 24.3 Å². The van der Waals surface area contributed by atoms with Gasteiger partial charge < -0.3 is 14.8 Å². The summed E-state index contributed by atoms with van der Waals surface area (Å²) in [5.41, 5.74) is 0.446. The third-order valence-electron chi connectivity index (χ3n) is 3.04. The summed E-state index contributed by atoms with van der Waals surface area (Å²) in [6.45, 7) is 4.48. The molecule has 0 spiro atoms. The van der Waals surface area contributed by atoms with E-state index >= 15 is 0 Å². The van der Waals surface area contributed by atoms with Crippen molar-refractivity contribution in [1.82, 2.24) is 5.32 Å². The molecule has 0 saturated carbocycles. The molecule has 0 aliphatic heterocycles. The molecule has 1 aromatic rings. The first-order valence-corrected chi connectivity index (χ1v) is 7.21. The summed E-state index contributed by atoms with van der Waals surface area (Å²) in [6, 6.07) is 6.50. The van der Waals surface area contributed by atoms with Gasteiger partial charge in [0.25, 0.3) is 5.91 Å². The Labute approximate surface area is 125 Å². The highest BCUT2D eigenvalue weighted by Gasteiger charge is 2.14. The highest BCUT2D eigenvalue weighted by Crippen LogP contribution is 2.14. The first-order valence-electron chi connectivity index (χ1n) is 7.21. The minimum atomic E-state index is -0.574. The van der Waals surface area contributed by atoms with Crippen LogP contribution in [0.3, 0.4) is 0 Å². The van der Waals surface area contributed by atoms with Crippen LogP contribution in [-0.2, 0) is 9.53 Å². The smallest absolute Gasteiger partial charge is 0.337 e. The first kappa shape index (κ1) is 17.0. The fraction of sp³-hybridized carbons (Fsp3) is 0.500. The highest BCUT2D eigenvalue weighted by molar-refractivity contribution is 5.89. The molecule has 0 fully saturated rings. The molecular weight excluding hydrogens is 270 g/mol. The van der Waals surface area contributed by atoms with Crippen molar-refractivity contribution in [1.29, 1.82) is 0 Å². The number of unbranched alkanes of at least 4 members (excludes halogenated alkanes) is 2. The second-order valence-electron chi connectivity index (χ2n) is 4.77. The summed E-state index contributed by atoms with van der Waals surface area (Å²) in [5, 5.41) is 2.84. The molecule has 5 heteroatoms. The average Bonchev–Trinajstić information content (AvgIpc) is 2.51. The molecule has 21 heavy (non-hydrogen) atoms. The van der Waals surface area contributed by atoms with E-state index in [1.807, 2.05) is 0 Å². The molecule has 1 unspecified atom stereocenters. The normalized spacial score (nSPS) is 11.6. The number of carbonyl (C=O) groups is 2. The molecule has 5 nitrogen and oxygen atoms in total. The molecular formula is C16H23NO4. The first-order chi connectivity index (χ1) is 10.1. The lowest BCUT2D eigenvalue weighted by atomic mass is 10.2. The third kappa shape index (κ3) is 5.85. The summed E-state index contributed by atoms with van der Waals surface area (Å²) < 4.78 is 10.2. The number of amides is 1. The molecule has 0 saturated heterocycles. The number of benzene rings is 1. The largest absolute Gasteiger partial charge is 0.481 e. The van der Waals surface area contributed by atoms with Gasteiger partial charge in [-0.25, -0.2) is 4.79 Å². The second-order valence-corrected chi connectivity index (χ2v) is 4.77. The standard InChI is InChI=1S/C16H23NO4/c1-4-5-6-11-17-15(18)12(2)21-14-9-7-13(8-10-14)16(19)20-3/h7-10,12H,4-6,11H2,1-3H3,(H,17,18). The van der Waals surface area contributed by atoms with Gasteiger partial charge in [-0.2, -0.15) is 0 Å². The number of esters is 1. The monoisotopic (exact) mass is 293 g/mol. The molecule has 0 bridgehead atoms. The van der Waals surface area contributed by atoms with Crippen molar-refractivity contribution >= 4 is 11.9 Å². The summed E-state index contributed by atoms with van der Waals surface area (Å²) in [4.78, 5) is 23.1. The van der Waals surface area contributed by atoms with Gasteiger partial charge in [0.1, 0.15) is 5.75 Å². The summed E-state index contributed by atoms with van der Waals surface area (Å²) >= 11 is 0. The summed E-state index contributed by atoms with van der Waals surface area (Å²) in [6.07, 6.45) is 2.62. The number of hydrogen-bond donors (Lipinski definition) is 1. The lowest BCUT2D eigenvalue weighted by Gasteiger charge is -2.14. The predicted molar refractivity (Wildman–Crippen MR) is 80.4 cm³/mol. The zero-order valence-corrected chi connectivity index (χ0v) is 12.8. The molecule has 0 heterocycles. The number of nitrogens with one attached hydrogen (secondary N) is 1. The van der Waals surface area contributed by atoms with Crippen LogP contribution >= 0.6 is 0 Å². The van der Waals surface area contributed by atoms with E-state index in [1.165, 1.54) is 7.11 Å². The molecule has 0 aliphatic carbocycles. The Morgan fingerprint density at radius 2 is 1.86 bits per heavy atom. The topological polar surface area (TPSA) is 64.6 Å². The maximum absolute atomic E-state index is 11.8. The van der Waals surface area contributed by atoms with Gasteiger partial charge in [-0.1, -0.05) is 19.8 Å². The number of carbonyl (C=O) groups excluding carboxylic acids is 2. The number of ether oxygens (including phenoxy) is 2. The quantitative estimate of drug-likeness (QED) is 0.591. The van der Waals surface area contributed by atoms with Gasteiger partial charge >= 0.3 is 5.97 Å². The lowest BCUT2D eigenvalue weighted by Crippen LogP contribution is -2.36. The molecule has 1 aromatic carbocycles. The van der Waals surface area contributed by atoms with Gasteiger partial charge in [0.15, 0.2) is 6.10 Å². The zero-order chi connectivity index (χ0) is 15.7. The van der Waals surface area contributed by atoms with E-state index < -0.39 is 12.1 Å². The van der Waals surface area contributed by atoms with E-state index in [9.17, 15) is 9.59 Å². The average molecular weight is 293 g/mol. The van der Waals surface area contributed by atoms with E-state index in [0.717, 1.165) is 19.3 Å². The van der Waals surface area contributed by atoms with E-state index in [2.05, 4.69) is 17.0 Å². The van der Waals surface area contributed by atoms with Crippen LogP contribution < -0.4 is 10.1 Å². The predicted octanol–water partition coefficient (Wildman–Crippen LogP) is 2.55.